The number of carbonyl (C=O) groups is 2. The predicted octanol–water partition coefficient (Wildman–Crippen LogP) is 1.90. The molecule has 2 heterocycles. The third-order valence-electron chi connectivity index (χ3n) is 5.43. The highest BCUT2D eigenvalue weighted by Gasteiger charge is 2.33. The molecule has 2 aliphatic rings. The number of nitrogens with zero attached hydrogens (tertiary/aromatic N) is 2. The molecule has 166 valence electrons. The Morgan fingerprint density at radius 1 is 1.17 bits per heavy atom. The summed E-state index contributed by atoms with van der Waals surface area (Å²) in [6, 6.07) is 6.13. The molecule has 3 rings (SSSR count). The molecule has 1 amide bonds. The third kappa shape index (κ3) is 5.01. The fourth-order valence-electron chi connectivity index (χ4n) is 4.06. The summed E-state index contributed by atoms with van der Waals surface area (Å²) < 4.78 is 38.4. The van der Waals surface area contributed by atoms with Crippen LogP contribution in [0.15, 0.2) is 29.2 Å². The van der Waals surface area contributed by atoms with Gasteiger partial charge in [-0.3, -0.25) is 9.59 Å². The highest BCUT2D eigenvalue weighted by Crippen LogP contribution is 2.24. The molecule has 2 fully saturated rings. The first-order valence-electron chi connectivity index (χ1n) is 10.4. The molecule has 0 N–H and O–H groups in total. The number of sulfonamides is 1. The van der Waals surface area contributed by atoms with Crippen LogP contribution >= 0.6 is 0 Å². The van der Waals surface area contributed by atoms with Crippen molar-refractivity contribution in [1.82, 2.24) is 9.21 Å². The molecule has 9 heteroatoms. The fourth-order valence-corrected chi connectivity index (χ4v) is 5.70. The van der Waals surface area contributed by atoms with Crippen LogP contribution in [0.5, 0.6) is 0 Å². The van der Waals surface area contributed by atoms with Crippen molar-refractivity contribution < 1.29 is 27.5 Å². The summed E-state index contributed by atoms with van der Waals surface area (Å²) in [5.74, 6) is -0.905. The average molecular weight is 439 g/mol. The Morgan fingerprint density at radius 3 is 2.53 bits per heavy atom. The number of hydrogen-bond acceptors (Lipinski definition) is 6. The number of piperidine rings is 1. The lowest BCUT2D eigenvalue weighted by atomic mass is 9.97. The van der Waals surface area contributed by atoms with Gasteiger partial charge >= 0.3 is 5.97 Å². The monoisotopic (exact) mass is 438 g/mol. The van der Waals surface area contributed by atoms with E-state index in [1.165, 1.54) is 16.4 Å². The Balaban J connectivity index is 1.77. The molecule has 0 aliphatic carbocycles. The molecule has 1 aromatic rings. The molecule has 2 saturated heterocycles. The number of morpholine rings is 1. The van der Waals surface area contributed by atoms with E-state index in [1.807, 2.05) is 13.8 Å². The Kier molecular flexibility index (Phi) is 7.15. The summed E-state index contributed by atoms with van der Waals surface area (Å²) >= 11 is 0. The minimum atomic E-state index is -3.74. The number of ether oxygens (including phenoxy) is 2. The number of rotatable bonds is 5. The molecule has 0 spiro atoms. The van der Waals surface area contributed by atoms with E-state index in [0.29, 0.717) is 31.6 Å². The highest BCUT2D eigenvalue weighted by molar-refractivity contribution is 7.89. The van der Waals surface area contributed by atoms with Gasteiger partial charge in [0.2, 0.25) is 10.0 Å². The van der Waals surface area contributed by atoms with Crippen molar-refractivity contribution in [2.45, 2.75) is 50.7 Å². The maximum absolute atomic E-state index is 13.1. The van der Waals surface area contributed by atoms with Crippen LogP contribution in [0.25, 0.3) is 0 Å². The molecule has 2 aliphatic heterocycles. The van der Waals surface area contributed by atoms with Gasteiger partial charge in [0.15, 0.2) is 0 Å². The SMILES string of the molecule is CCOC(=O)[C@@H]1CCCN(C(=O)c2cccc(S(=O)(=O)N3C[C@@H](C)O[C@H](C)C3)c2)C1. The highest BCUT2D eigenvalue weighted by atomic mass is 32.2. The lowest BCUT2D eigenvalue weighted by Crippen LogP contribution is -2.48. The zero-order chi connectivity index (χ0) is 21.9. The van der Waals surface area contributed by atoms with Crippen LogP contribution in [0.2, 0.25) is 0 Å². The lowest BCUT2D eigenvalue weighted by molar-refractivity contribution is -0.149. The van der Waals surface area contributed by atoms with Crippen LogP contribution in [0.3, 0.4) is 0 Å². The fraction of sp³-hybridized carbons (Fsp3) is 0.619. The topological polar surface area (TPSA) is 93.2 Å². The normalized spacial score (nSPS) is 25.7. The Bertz CT molecular complexity index is 877. The van der Waals surface area contributed by atoms with E-state index in [9.17, 15) is 18.0 Å². The van der Waals surface area contributed by atoms with Crippen molar-refractivity contribution in [2.75, 3.05) is 32.8 Å². The van der Waals surface area contributed by atoms with Crippen LogP contribution in [-0.2, 0) is 24.3 Å². The van der Waals surface area contributed by atoms with Gasteiger partial charge in [-0.25, -0.2) is 8.42 Å². The van der Waals surface area contributed by atoms with Gasteiger partial charge < -0.3 is 14.4 Å². The molecule has 3 atom stereocenters. The molecular formula is C21H30N2O6S. The smallest absolute Gasteiger partial charge is 0.310 e. The number of amides is 1. The molecule has 0 aromatic heterocycles. The summed E-state index contributed by atoms with van der Waals surface area (Å²) in [4.78, 5) is 26.8. The Labute approximate surface area is 178 Å². The zero-order valence-corrected chi connectivity index (χ0v) is 18.6. The van der Waals surface area contributed by atoms with Gasteiger partial charge in [-0.2, -0.15) is 4.31 Å². The van der Waals surface area contributed by atoms with Crippen molar-refractivity contribution in [3.63, 3.8) is 0 Å². The molecule has 1 aromatic carbocycles. The van der Waals surface area contributed by atoms with Gasteiger partial charge in [-0.1, -0.05) is 6.07 Å². The van der Waals surface area contributed by atoms with Crippen molar-refractivity contribution in [1.29, 1.82) is 0 Å². The molecule has 30 heavy (non-hydrogen) atoms. The van der Waals surface area contributed by atoms with E-state index in [-0.39, 0.29) is 54.5 Å². The summed E-state index contributed by atoms with van der Waals surface area (Å²) in [5, 5.41) is 0. The van der Waals surface area contributed by atoms with Crippen LogP contribution in [0, 0.1) is 5.92 Å². The van der Waals surface area contributed by atoms with Crippen molar-refractivity contribution in [3.05, 3.63) is 29.8 Å². The average Bonchev–Trinajstić information content (AvgIpc) is 2.73. The molecule has 0 bridgehead atoms. The summed E-state index contributed by atoms with van der Waals surface area (Å²) in [6.45, 7) is 7.12. The first-order chi connectivity index (χ1) is 14.2. The lowest BCUT2D eigenvalue weighted by Gasteiger charge is -2.34. The van der Waals surface area contributed by atoms with Gasteiger partial charge in [-0.15, -0.1) is 0 Å². The standard InChI is InChI=1S/C21H30N2O6S/c1-4-28-21(25)18-8-6-10-22(14-18)20(24)17-7-5-9-19(11-17)30(26,27)23-12-15(2)29-16(3)13-23/h5,7,9,11,15-16,18H,4,6,8,10,12-14H2,1-3H3/t15-,16-,18-/m1/s1. The maximum Gasteiger partial charge on any atom is 0.310 e. The second-order valence-corrected chi connectivity index (χ2v) is 9.89. The van der Waals surface area contributed by atoms with Crippen molar-refractivity contribution in [3.8, 4) is 0 Å². The van der Waals surface area contributed by atoms with Gasteiger partial charge in [0.25, 0.3) is 5.91 Å². The van der Waals surface area contributed by atoms with Gasteiger partial charge in [0.05, 0.1) is 29.6 Å². The predicted molar refractivity (Wildman–Crippen MR) is 110 cm³/mol. The second kappa shape index (κ2) is 9.45. The summed E-state index contributed by atoms with van der Waals surface area (Å²) in [5.41, 5.74) is 0.301. The van der Waals surface area contributed by atoms with E-state index in [4.69, 9.17) is 9.47 Å². The minimum Gasteiger partial charge on any atom is -0.466 e. The largest absolute Gasteiger partial charge is 0.466 e. The first-order valence-corrected chi connectivity index (χ1v) is 11.9. The third-order valence-corrected chi connectivity index (χ3v) is 7.26. The molecule has 0 unspecified atom stereocenters. The minimum absolute atomic E-state index is 0.0913. The van der Waals surface area contributed by atoms with Gasteiger partial charge in [0.1, 0.15) is 0 Å². The van der Waals surface area contributed by atoms with Crippen LogP contribution < -0.4 is 0 Å². The molecular weight excluding hydrogens is 408 g/mol. The second-order valence-electron chi connectivity index (χ2n) is 7.95. The number of likely N-dealkylation sites (tertiary alicyclic amines) is 1. The molecule has 0 saturated carbocycles. The van der Waals surface area contributed by atoms with Crippen molar-refractivity contribution in [2.24, 2.45) is 5.92 Å². The summed E-state index contributed by atoms with van der Waals surface area (Å²) in [7, 11) is -3.74. The van der Waals surface area contributed by atoms with Crippen LogP contribution in [0.1, 0.15) is 44.0 Å². The number of benzene rings is 1. The van der Waals surface area contributed by atoms with E-state index < -0.39 is 10.0 Å². The van der Waals surface area contributed by atoms with E-state index in [2.05, 4.69) is 0 Å². The maximum atomic E-state index is 13.1. The van der Waals surface area contributed by atoms with Gasteiger partial charge in [-0.05, 0) is 51.8 Å². The van der Waals surface area contributed by atoms with E-state index in [0.717, 1.165) is 0 Å². The Morgan fingerprint density at radius 2 is 1.87 bits per heavy atom. The Hall–Kier alpha value is -1.97. The first kappa shape index (κ1) is 22.7. The zero-order valence-electron chi connectivity index (χ0n) is 17.7. The number of carbonyl (C=O) groups excluding carboxylic acids is 2. The van der Waals surface area contributed by atoms with Crippen LogP contribution in [0.4, 0.5) is 0 Å². The van der Waals surface area contributed by atoms with E-state index >= 15 is 0 Å². The van der Waals surface area contributed by atoms with Crippen LogP contribution in [-0.4, -0.2) is 74.5 Å². The van der Waals surface area contributed by atoms with E-state index in [1.54, 1.807) is 24.0 Å². The molecule has 8 nitrogen and oxygen atoms in total. The number of hydrogen-bond donors (Lipinski definition) is 0. The summed E-state index contributed by atoms with van der Waals surface area (Å²) in [6.07, 6.45) is 1.00. The number of esters is 1. The van der Waals surface area contributed by atoms with Crippen molar-refractivity contribution >= 4 is 21.9 Å². The quantitative estimate of drug-likeness (QED) is 0.652. The van der Waals surface area contributed by atoms with Gasteiger partial charge in [0, 0.05) is 31.7 Å². The molecule has 0 radical (unpaired) electrons.